The molecule has 0 unspecified atom stereocenters. The highest BCUT2D eigenvalue weighted by molar-refractivity contribution is 7.98. The summed E-state index contributed by atoms with van der Waals surface area (Å²) in [7, 11) is 0. The standard InChI is InChI=1S/C16H15ClN4OS2/c17-12-5-3-11(4-6-12)10-24-16-20-19-15(13-2-1-9-23-13)21(16)8-7-14(18)22/h1-6,9H,7-8,10H2,(H2,18,22). The summed E-state index contributed by atoms with van der Waals surface area (Å²) in [5.41, 5.74) is 6.44. The number of aromatic nitrogens is 3. The van der Waals surface area contributed by atoms with Gasteiger partial charge in [-0.15, -0.1) is 21.5 Å². The molecule has 2 N–H and O–H groups in total. The molecule has 0 bridgehead atoms. The third kappa shape index (κ3) is 4.17. The number of nitrogens with two attached hydrogens (primary N) is 1. The molecule has 5 nitrogen and oxygen atoms in total. The average molecular weight is 379 g/mol. The van der Waals surface area contributed by atoms with Crippen molar-refractivity contribution in [2.75, 3.05) is 0 Å². The van der Waals surface area contributed by atoms with Crippen LogP contribution in [0, 0.1) is 0 Å². The molecule has 24 heavy (non-hydrogen) atoms. The van der Waals surface area contributed by atoms with Gasteiger partial charge in [-0.2, -0.15) is 0 Å². The predicted molar refractivity (Wildman–Crippen MR) is 98.2 cm³/mol. The zero-order chi connectivity index (χ0) is 16.9. The van der Waals surface area contributed by atoms with Crippen molar-refractivity contribution in [1.29, 1.82) is 0 Å². The van der Waals surface area contributed by atoms with Gasteiger partial charge in [-0.3, -0.25) is 4.79 Å². The maximum absolute atomic E-state index is 11.2. The molecular formula is C16H15ClN4OS2. The molecule has 0 spiro atoms. The first-order valence-corrected chi connectivity index (χ1v) is 9.50. The van der Waals surface area contributed by atoms with Gasteiger partial charge in [-0.25, -0.2) is 0 Å². The number of nitrogens with zero attached hydrogens (tertiary/aromatic N) is 3. The van der Waals surface area contributed by atoms with Gasteiger partial charge >= 0.3 is 0 Å². The van der Waals surface area contributed by atoms with E-state index in [-0.39, 0.29) is 12.3 Å². The first-order chi connectivity index (χ1) is 11.6. The number of carbonyl (C=O) groups is 1. The van der Waals surface area contributed by atoms with Gasteiger partial charge in [0.15, 0.2) is 11.0 Å². The fourth-order valence-electron chi connectivity index (χ4n) is 2.14. The lowest BCUT2D eigenvalue weighted by molar-refractivity contribution is -0.118. The number of benzene rings is 1. The zero-order valence-electron chi connectivity index (χ0n) is 12.7. The molecule has 0 saturated heterocycles. The first-order valence-electron chi connectivity index (χ1n) is 7.26. The van der Waals surface area contributed by atoms with E-state index in [9.17, 15) is 4.79 Å². The summed E-state index contributed by atoms with van der Waals surface area (Å²) >= 11 is 9.07. The van der Waals surface area contributed by atoms with E-state index in [4.69, 9.17) is 17.3 Å². The predicted octanol–water partition coefficient (Wildman–Crippen LogP) is 3.83. The second-order valence-electron chi connectivity index (χ2n) is 5.07. The molecule has 3 rings (SSSR count). The Labute approximate surface area is 152 Å². The van der Waals surface area contributed by atoms with Crippen LogP contribution in [0.2, 0.25) is 5.02 Å². The molecule has 0 aliphatic carbocycles. The van der Waals surface area contributed by atoms with E-state index in [1.807, 2.05) is 46.3 Å². The molecule has 1 aromatic carbocycles. The normalized spacial score (nSPS) is 10.9. The van der Waals surface area contributed by atoms with Gasteiger partial charge in [-0.1, -0.05) is 41.6 Å². The van der Waals surface area contributed by atoms with Crippen LogP contribution in [-0.2, 0) is 17.1 Å². The van der Waals surface area contributed by atoms with Gasteiger partial charge < -0.3 is 10.3 Å². The van der Waals surface area contributed by atoms with Gasteiger partial charge in [-0.05, 0) is 29.1 Å². The van der Waals surface area contributed by atoms with Gasteiger partial charge in [0.1, 0.15) is 0 Å². The fourth-order valence-corrected chi connectivity index (χ4v) is 3.90. The maximum Gasteiger partial charge on any atom is 0.219 e. The van der Waals surface area contributed by atoms with E-state index in [0.29, 0.717) is 11.6 Å². The lowest BCUT2D eigenvalue weighted by Crippen LogP contribution is -2.14. The molecule has 0 fully saturated rings. The summed E-state index contributed by atoms with van der Waals surface area (Å²) in [6, 6.07) is 11.7. The number of primary amides is 1. The highest BCUT2D eigenvalue weighted by atomic mass is 35.5. The largest absolute Gasteiger partial charge is 0.370 e. The molecule has 0 aliphatic heterocycles. The van der Waals surface area contributed by atoms with Crippen molar-refractivity contribution in [2.24, 2.45) is 5.73 Å². The van der Waals surface area contributed by atoms with Gasteiger partial charge in [0, 0.05) is 23.7 Å². The molecule has 0 radical (unpaired) electrons. The number of thiophene rings is 1. The van der Waals surface area contributed by atoms with Gasteiger partial charge in [0.2, 0.25) is 5.91 Å². The smallest absolute Gasteiger partial charge is 0.219 e. The van der Waals surface area contributed by atoms with Crippen LogP contribution in [0.5, 0.6) is 0 Å². The minimum atomic E-state index is -0.338. The molecule has 1 amide bonds. The quantitative estimate of drug-likeness (QED) is 0.634. The van der Waals surface area contributed by atoms with Crippen molar-refractivity contribution < 1.29 is 4.79 Å². The molecular weight excluding hydrogens is 364 g/mol. The Hall–Kier alpha value is -1.83. The summed E-state index contributed by atoms with van der Waals surface area (Å²) < 4.78 is 1.96. The lowest BCUT2D eigenvalue weighted by Gasteiger charge is -2.08. The number of carbonyl (C=O) groups excluding carboxylic acids is 1. The Morgan fingerprint density at radius 3 is 2.71 bits per heavy atom. The molecule has 124 valence electrons. The molecule has 8 heteroatoms. The summed E-state index contributed by atoms with van der Waals surface area (Å²) in [6.07, 6.45) is 0.255. The van der Waals surface area contributed by atoms with Crippen LogP contribution in [0.1, 0.15) is 12.0 Å². The number of hydrogen-bond acceptors (Lipinski definition) is 5. The van der Waals surface area contributed by atoms with Crippen molar-refractivity contribution in [2.45, 2.75) is 23.9 Å². The van der Waals surface area contributed by atoms with E-state index in [1.54, 1.807) is 23.1 Å². The minimum absolute atomic E-state index is 0.255. The molecule has 0 atom stereocenters. The Morgan fingerprint density at radius 2 is 2.04 bits per heavy atom. The fraction of sp³-hybridized carbons (Fsp3) is 0.188. The number of halogens is 1. The second-order valence-corrected chi connectivity index (χ2v) is 7.39. The van der Waals surface area contributed by atoms with Crippen LogP contribution in [0.3, 0.4) is 0 Å². The highest BCUT2D eigenvalue weighted by Gasteiger charge is 2.15. The molecule has 0 saturated carbocycles. The van der Waals surface area contributed by atoms with E-state index < -0.39 is 0 Å². The minimum Gasteiger partial charge on any atom is -0.370 e. The first kappa shape index (κ1) is 17.0. The van der Waals surface area contributed by atoms with Crippen LogP contribution < -0.4 is 5.73 Å². The van der Waals surface area contributed by atoms with Gasteiger partial charge in [0.05, 0.1) is 4.88 Å². The molecule has 2 heterocycles. The van der Waals surface area contributed by atoms with Crippen LogP contribution >= 0.6 is 34.7 Å². The van der Waals surface area contributed by atoms with E-state index in [1.165, 1.54) is 0 Å². The van der Waals surface area contributed by atoms with Crippen molar-refractivity contribution >= 4 is 40.6 Å². The van der Waals surface area contributed by atoms with Crippen LogP contribution in [0.25, 0.3) is 10.7 Å². The Morgan fingerprint density at radius 1 is 1.25 bits per heavy atom. The summed E-state index contributed by atoms with van der Waals surface area (Å²) in [4.78, 5) is 12.2. The number of rotatable bonds is 7. The second kappa shape index (κ2) is 7.83. The Bertz CT molecular complexity index is 815. The summed E-state index contributed by atoms with van der Waals surface area (Å²) in [6.45, 7) is 0.471. The SMILES string of the molecule is NC(=O)CCn1c(SCc2ccc(Cl)cc2)nnc1-c1cccs1. The van der Waals surface area contributed by atoms with Gasteiger partial charge in [0.25, 0.3) is 0 Å². The Balaban J connectivity index is 1.81. The average Bonchev–Trinajstić information content (AvgIpc) is 3.21. The van der Waals surface area contributed by atoms with Crippen LogP contribution in [0.15, 0.2) is 46.9 Å². The van der Waals surface area contributed by atoms with Crippen molar-refractivity contribution in [3.63, 3.8) is 0 Å². The molecule has 2 aromatic heterocycles. The van der Waals surface area contributed by atoms with E-state index in [2.05, 4.69) is 10.2 Å². The monoisotopic (exact) mass is 378 g/mol. The highest BCUT2D eigenvalue weighted by Crippen LogP contribution is 2.29. The lowest BCUT2D eigenvalue weighted by atomic mass is 10.2. The number of thioether (sulfide) groups is 1. The topological polar surface area (TPSA) is 73.8 Å². The Kier molecular flexibility index (Phi) is 5.55. The third-order valence-corrected chi connectivity index (χ3v) is 5.48. The summed E-state index contributed by atoms with van der Waals surface area (Å²) in [5, 5.41) is 12.1. The number of amides is 1. The maximum atomic E-state index is 11.2. The van der Waals surface area contributed by atoms with Crippen LogP contribution in [0.4, 0.5) is 0 Å². The zero-order valence-corrected chi connectivity index (χ0v) is 15.1. The molecule has 0 aliphatic rings. The van der Waals surface area contributed by atoms with E-state index >= 15 is 0 Å². The van der Waals surface area contributed by atoms with Crippen molar-refractivity contribution in [3.8, 4) is 10.7 Å². The van der Waals surface area contributed by atoms with Crippen molar-refractivity contribution in [1.82, 2.24) is 14.8 Å². The third-order valence-electron chi connectivity index (χ3n) is 3.32. The summed E-state index contributed by atoms with van der Waals surface area (Å²) in [5.74, 6) is 1.18. The molecule has 3 aromatic rings. The van der Waals surface area contributed by atoms with Crippen LogP contribution in [-0.4, -0.2) is 20.7 Å². The van der Waals surface area contributed by atoms with E-state index in [0.717, 1.165) is 27.2 Å². The van der Waals surface area contributed by atoms with Crippen molar-refractivity contribution in [3.05, 3.63) is 52.4 Å². The number of hydrogen-bond donors (Lipinski definition) is 1.